The quantitative estimate of drug-likeness (QED) is 0.417. The number of ether oxygens (including phenoxy) is 1. The van der Waals surface area contributed by atoms with E-state index < -0.39 is 5.97 Å². The van der Waals surface area contributed by atoms with Crippen molar-refractivity contribution in [3.05, 3.63) is 74.3 Å². The van der Waals surface area contributed by atoms with Crippen LogP contribution in [0, 0.1) is 16.6 Å². The fourth-order valence-electron chi connectivity index (χ4n) is 4.62. The van der Waals surface area contributed by atoms with E-state index in [1.165, 1.54) is 18.1 Å². The molecule has 1 saturated carbocycles. The number of benzene rings is 2. The van der Waals surface area contributed by atoms with Gasteiger partial charge in [0.2, 0.25) is 0 Å². The van der Waals surface area contributed by atoms with Crippen molar-refractivity contribution in [1.29, 1.82) is 0 Å². The molecule has 0 aliphatic heterocycles. The van der Waals surface area contributed by atoms with Gasteiger partial charge in [-0.2, -0.15) is 0 Å². The number of nitrogens with one attached hydrogen (secondary N) is 2. The molecule has 3 aromatic rings. The Morgan fingerprint density at radius 3 is 2.53 bits per heavy atom. The minimum atomic E-state index is -0.484. The van der Waals surface area contributed by atoms with E-state index in [0.717, 1.165) is 18.4 Å². The Bertz CT molecular complexity index is 1340. The van der Waals surface area contributed by atoms with Gasteiger partial charge >= 0.3 is 5.97 Å². The van der Waals surface area contributed by atoms with Crippen molar-refractivity contribution in [2.45, 2.75) is 45.7 Å². The fourth-order valence-corrected chi connectivity index (χ4v) is 4.88. The Hall–Kier alpha value is -3.26. The maximum Gasteiger partial charge on any atom is 0.337 e. The maximum absolute atomic E-state index is 13.1. The highest BCUT2D eigenvalue weighted by Crippen LogP contribution is 2.29. The van der Waals surface area contributed by atoms with Crippen LogP contribution >= 0.6 is 12.2 Å². The normalized spacial score (nSPS) is 20.1. The first kappa shape index (κ1) is 23.9. The molecule has 1 heterocycles. The van der Waals surface area contributed by atoms with E-state index in [1.807, 2.05) is 12.1 Å². The number of esters is 1. The predicted octanol–water partition coefficient (Wildman–Crippen LogP) is 4.45. The van der Waals surface area contributed by atoms with Crippen molar-refractivity contribution in [3.63, 3.8) is 0 Å². The molecule has 1 amide bonds. The van der Waals surface area contributed by atoms with Crippen molar-refractivity contribution in [2.24, 2.45) is 11.8 Å². The van der Waals surface area contributed by atoms with Crippen LogP contribution in [0.3, 0.4) is 0 Å². The molecule has 2 aromatic carbocycles. The molecule has 0 unspecified atom stereocenters. The smallest absolute Gasteiger partial charge is 0.337 e. The molecular weight excluding hydrogens is 450 g/mol. The second-order valence-corrected chi connectivity index (χ2v) is 9.50. The van der Waals surface area contributed by atoms with Crippen molar-refractivity contribution in [3.8, 4) is 0 Å². The highest BCUT2D eigenvalue weighted by molar-refractivity contribution is 7.71. The Balaban J connectivity index is 1.52. The zero-order chi connectivity index (χ0) is 24.4. The van der Waals surface area contributed by atoms with Gasteiger partial charge in [0.15, 0.2) is 4.77 Å². The number of methoxy groups -OCH3 is 1. The summed E-state index contributed by atoms with van der Waals surface area (Å²) in [5.74, 6) is 0.515. The number of hydrogen-bond donors (Lipinski definition) is 2. The lowest BCUT2D eigenvalue weighted by molar-refractivity contribution is 0.0600. The van der Waals surface area contributed by atoms with Crippen LogP contribution in [-0.4, -0.2) is 34.6 Å². The topological polar surface area (TPSA) is 93.2 Å². The van der Waals surface area contributed by atoms with Crippen LogP contribution in [0.15, 0.2) is 47.3 Å². The first-order chi connectivity index (χ1) is 16.3. The second-order valence-electron chi connectivity index (χ2n) is 9.12. The summed E-state index contributed by atoms with van der Waals surface area (Å²) in [5.41, 5.74) is 2.01. The zero-order valence-electron chi connectivity index (χ0n) is 19.6. The highest BCUT2D eigenvalue weighted by atomic mass is 32.1. The third-order valence-corrected chi connectivity index (χ3v) is 7.31. The van der Waals surface area contributed by atoms with Gasteiger partial charge in [-0.25, -0.2) is 4.79 Å². The molecule has 3 atom stereocenters. The Morgan fingerprint density at radius 2 is 1.82 bits per heavy atom. The largest absolute Gasteiger partial charge is 0.465 e. The van der Waals surface area contributed by atoms with E-state index in [4.69, 9.17) is 17.0 Å². The summed E-state index contributed by atoms with van der Waals surface area (Å²) in [6, 6.07) is 12.1. The SMILES string of the molecule is COC(=O)c1ccc2c(=O)n(Cc3ccc(C(=O)N[C@@H]4CCC[C@@H](C)[C@H]4C)cc3)c(=S)[nH]c2c1. The molecular formula is C26H29N3O4S. The molecule has 1 aliphatic carbocycles. The highest BCUT2D eigenvalue weighted by Gasteiger charge is 2.28. The third-order valence-electron chi connectivity index (χ3n) is 6.98. The van der Waals surface area contributed by atoms with Gasteiger partial charge in [0.25, 0.3) is 11.5 Å². The number of aromatic amines is 1. The zero-order valence-corrected chi connectivity index (χ0v) is 20.4. The summed E-state index contributed by atoms with van der Waals surface area (Å²) in [7, 11) is 1.30. The van der Waals surface area contributed by atoms with Gasteiger partial charge < -0.3 is 15.0 Å². The van der Waals surface area contributed by atoms with E-state index in [9.17, 15) is 14.4 Å². The van der Waals surface area contributed by atoms with E-state index in [1.54, 1.807) is 30.3 Å². The molecule has 0 spiro atoms. The standard InChI is InChI=1S/C26H29N3O4S/c1-15-5-4-6-21(16(15)2)27-23(30)18-9-7-17(8-10-18)14-29-24(31)20-12-11-19(25(32)33-3)13-22(20)28-26(29)34/h7-13,15-16,21H,4-6,14H2,1-3H3,(H,27,30)(H,28,34)/t15-,16-,21-/m1/s1. The number of carbonyl (C=O) groups is 2. The molecule has 0 saturated heterocycles. The fraction of sp³-hybridized carbons (Fsp3) is 0.385. The molecule has 4 rings (SSSR count). The molecule has 178 valence electrons. The van der Waals surface area contributed by atoms with Crippen LogP contribution in [-0.2, 0) is 11.3 Å². The van der Waals surface area contributed by atoms with Crippen LogP contribution in [0.4, 0.5) is 0 Å². The van der Waals surface area contributed by atoms with Crippen LogP contribution < -0.4 is 10.9 Å². The monoisotopic (exact) mass is 479 g/mol. The number of H-pyrrole nitrogens is 1. The van der Waals surface area contributed by atoms with Gasteiger partial charge in [0.1, 0.15) is 0 Å². The van der Waals surface area contributed by atoms with Gasteiger partial charge in [0, 0.05) is 11.6 Å². The number of amides is 1. The minimum absolute atomic E-state index is 0.0703. The molecule has 2 N–H and O–H groups in total. The lowest BCUT2D eigenvalue weighted by atomic mass is 9.78. The van der Waals surface area contributed by atoms with Crippen LogP contribution in [0.25, 0.3) is 10.9 Å². The van der Waals surface area contributed by atoms with Crippen molar-refractivity contribution in [1.82, 2.24) is 14.9 Å². The van der Waals surface area contributed by atoms with Gasteiger partial charge in [-0.05, 0) is 66.4 Å². The number of aromatic nitrogens is 2. The lowest BCUT2D eigenvalue weighted by Crippen LogP contribution is -2.43. The third kappa shape index (κ3) is 4.82. The number of carbonyl (C=O) groups excluding carboxylic acids is 2. The average molecular weight is 480 g/mol. The number of rotatable bonds is 5. The van der Waals surface area contributed by atoms with E-state index in [-0.39, 0.29) is 28.8 Å². The first-order valence-electron chi connectivity index (χ1n) is 11.5. The van der Waals surface area contributed by atoms with Gasteiger partial charge in [-0.3, -0.25) is 14.2 Å². The van der Waals surface area contributed by atoms with Gasteiger partial charge in [0.05, 0.1) is 30.1 Å². The van der Waals surface area contributed by atoms with Crippen molar-refractivity contribution >= 4 is 35.0 Å². The predicted molar refractivity (Wildman–Crippen MR) is 134 cm³/mol. The first-order valence-corrected chi connectivity index (χ1v) is 11.9. The second kappa shape index (κ2) is 9.93. The number of fused-ring (bicyclic) bond motifs is 1. The molecule has 34 heavy (non-hydrogen) atoms. The van der Waals surface area contributed by atoms with E-state index in [2.05, 4.69) is 24.1 Å². The van der Waals surface area contributed by atoms with E-state index >= 15 is 0 Å². The summed E-state index contributed by atoms with van der Waals surface area (Å²) < 4.78 is 6.46. The minimum Gasteiger partial charge on any atom is -0.465 e. The molecule has 8 heteroatoms. The van der Waals surface area contributed by atoms with Crippen molar-refractivity contribution < 1.29 is 14.3 Å². The Kier molecular flexibility index (Phi) is 6.97. The van der Waals surface area contributed by atoms with Crippen LogP contribution in [0.1, 0.15) is 59.4 Å². The molecule has 7 nitrogen and oxygen atoms in total. The number of nitrogens with zero attached hydrogens (tertiary/aromatic N) is 1. The van der Waals surface area contributed by atoms with Crippen LogP contribution in [0.5, 0.6) is 0 Å². The van der Waals surface area contributed by atoms with E-state index in [0.29, 0.717) is 33.9 Å². The molecule has 1 aromatic heterocycles. The summed E-state index contributed by atoms with van der Waals surface area (Å²) in [6.07, 6.45) is 3.37. The molecule has 0 radical (unpaired) electrons. The molecule has 1 aliphatic rings. The van der Waals surface area contributed by atoms with Crippen LogP contribution in [0.2, 0.25) is 0 Å². The molecule has 0 bridgehead atoms. The lowest BCUT2D eigenvalue weighted by Gasteiger charge is -2.34. The van der Waals surface area contributed by atoms with Crippen molar-refractivity contribution in [2.75, 3.05) is 7.11 Å². The van der Waals surface area contributed by atoms with Gasteiger partial charge in [-0.1, -0.05) is 38.8 Å². The summed E-state index contributed by atoms with van der Waals surface area (Å²) in [4.78, 5) is 40.6. The number of hydrogen-bond acceptors (Lipinski definition) is 5. The Labute approximate surface area is 203 Å². The Morgan fingerprint density at radius 1 is 1.12 bits per heavy atom. The average Bonchev–Trinajstić information content (AvgIpc) is 2.84. The maximum atomic E-state index is 13.1. The summed E-state index contributed by atoms with van der Waals surface area (Å²) in [5, 5.41) is 3.61. The summed E-state index contributed by atoms with van der Waals surface area (Å²) in [6.45, 7) is 4.72. The summed E-state index contributed by atoms with van der Waals surface area (Å²) >= 11 is 5.41. The molecule has 1 fully saturated rings. The van der Waals surface area contributed by atoms with Gasteiger partial charge in [-0.15, -0.1) is 0 Å².